The van der Waals surface area contributed by atoms with Gasteiger partial charge in [-0.05, 0) is 36.1 Å². The smallest absolute Gasteiger partial charge is 0.244 e. The zero-order valence-electron chi connectivity index (χ0n) is 11.7. The Hall–Kier alpha value is -2.40. The average Bonchev–Trinajstić information content (AvgIpc) is 3.15. The minimum atomic E-state index is 0.0522. The van der Waals surface area contributed by atoms with Crippen LogP contribution < -0.4 is 5.32 Å². The standard InChI is InChI=1S/C16H15N3O2/c1-10-6-7-20-14(10)15-18-16(21-19-15)13-8-11-4-2-3-5-12(11)9-17-13/h2-7,13,17H,8-9H2,1H3. The molecule has 1 N–H and O–H groups in total. The molecule has 0 bridgehead atoms. The van der Waals surface area contributed by atoms with Gasteiger partial charge in [0.1, 0.15) is 0 Å². The van der Waals surface area contributed by atoms with E-state index in [0.717, 1.165) is 18.5 Å². The van der Waals surface area contributed by atoms with Crippen molar-refractivity contribution in [2.75, 3.05) is 0 Å². The van der Waals surface area contributed by atoms with Gasteiger partial charge in [0.05, 0.1) is 12.3 Å². The van der Waals surface area contributed by atoms with Crippen molar-refractivity contribution in [1.29, 1.82) is 0 Å². The summed E-state index contributed by atoms with van der Waals surface area (Å²) in [6.45, 7) is 2.78. The zero-order chi connectivity index (χ0) is 14.2. The lowest BCUT2D eigenvalue weighted by molar-refractivity contribution is 0.321. The average molecular weight is 281 g/mol. The van der Waals surface area contributed by atoms with Crippen molar-refractivity contribution in [1.82, 2.24) is 15.5 Å². The fraction of sp³-hybridized carbons (Fsp3) is 0.250. The van der Waals surface area contributed by atoms with Gasteiger partial charge in [0.25, 0.3) is 0 Å². The third kappa shape index (κ3) is 2.15. The number of hydrogen-bond donors (Lipinski definition) is 1. The van der Waals surface area contributed by atoms with Crippen LogP contribution in [0.5, 0.6) is 0 Å². The molecular weight excluding hydrogens is 266 g/mol. The molecule has 1 aliphatic rings. The van der Waals surface area contributed by atoms with Gasteiger partial charge in [-0.3, -0.25) is 0 Å². The molecule has 3 heterocycles. The van der Waals surface area contributed by atoms with E-state index in [9.17, 15) is 0 Å². The van der Waals surface area contributed by atoms with Gasteiger partial charge in [0.2, 0.25) is 11.7 Å². The summed E-state index contributed by atoms with van der Waals surface area (Å²) < 4.78 is 10.8. The van der Waals surface area contributed by atoms with Crippen LogP contribution in [0.15, 0.2) is 45.5 Å². The van der Waals surface area contributed by atoms with Gasteiger partial charge in [-0.2, -0.15) is 4.98 Å². The number of hydrogen-bond acceptors (Lipinski definition) is 5. The highest BCUT2D eigenvalue weighted by molar-refractivity contribution is 5.51. The SMILES string of the molecule is Cc1ccoc1-c1noc(C2Cc3ccccc3CN2)n1. The molecule has 0 aliphatic carbocycles. The molecule has 1 unspecified atom stereocenters. The molecule has 1 aromatic carbocycles. The highest BCUT2D eigenvalue weighted by Crippen LogP contribution is 2.27. The zero-order valence-corrected chi connectivity index (χ0v) is 11.7. The molecule has 0 fully saturated rings. The van der Waals surface area contributed by atoms with Crippen LogP contribution in [0, 0.1) is 6.92 Å². The molecule has 21 heavy (non-hydrogen) atoms. The van der Waals surface area contributed by atoms with Crippen LogP contribution in [0.3, 0.4) is 0 Å². The van der Waals surface area contributed by atoms with Crippen molar-refractivity contribution in [3.8, 4) is 11.6 Å². The molecule has 4 rings (SSSR count). The van der Waals surface area contributed by atoms with Crippen molar-refractivity contribution in [3.63, 3.8) is 0 Å². The van der Waals surface area contributed by atoms with Crippen LogP contribution in [0.2, 0.25) is 0 Å². The molecule has 0 saturated carbocycles. The quantitative estimate of drug-likeness (QED) is 0.782. The first-order chi connectivity index (χ1) is 10.3. The van der Waals surface area contributed by atoms with Crippen molar-refractivity contribution in [2.24, 2.45) is 0 Å². The maximum atomic E-state index is 5.41. The fourth-order valence-electron chi connectivity index (χ4n) is 2.70. The summed E-state index contributed by atoms with van der Waals surface area (Å²) in [6, 6.07) is 10.4. The number of aryl methyl sites for hydroxylation is 1. The molecule has 0 radical (unpaired) electrons. The van der Waals surface area contributed by atoms with Gasteiger partial charge in [0, 0.05) is 6.54 Å². The first kappa shape index (κ1) is 12.3. The van der Waals surface area contributed by atoms with Crippen LogP contribution in [0.1, 0.15) is 28.6 Å². The summed E-state index contributed by atoms with van der Waals surface area (Å²) in [5, 5.41) is 7.47. The summed E-state index contributed by atoms with van der Waals surface area (Å²) in [5.74, 6) is 1.78. The Labute approximate surface area is 122 Å². The van der Waals surface area contributed by atoms with Crippen LogP contribution in [-0.4, -0.2) is 10.1 Å². The van der Waals surface area contributed by atoms with Crippen LogP contribution in [0.25, 0.3) is 11.6 Å². The molecule has 2 aromatic heterocycles. The maximum absolute atomic E-state index is 5.41. The molecule has 1 atom stereocenters. The summed E-state index contributed by atoms with van der Waals surface area (Å²) in [5.41, 5.74) is 3.66. The minimum Gasteiger partial charge on any atom is -0.461 e. The Bertz CT molecular complexity index is 775. The predicted octanol–water partition coefficient (Wildman–Crippen LogP) is 3.03. The summed E-state index contributed by atoms with van der Waals surface area (Å²) >= 11 is 0. The van der Waals surface area contributed by atoms with Gasteiger partial charge >= 0.3 is 0 Å². The third-order valence-corrected chi connectivity index (χ3v) is 3.89. The van der Waals surface area contributed by atoms with Gasteiger partial charge in [-0.25, -0.2) is 0 Å². The topological polar surface area (TPSA) is 64.1 Å². The third-order valence-electron chi connectivity index (χ3n) is 3.89. The molecule has 0 saturated heterocycles. The fourth-order valence-corrected chi connectivity index (χ4v) is 2.70. The second-order valence-electron chi connectivity index (χ2n) is 5.30. The van der Waals surface area contributed by atoms with Gasteiger partial charge in [-0.15, -0.1) is 0 Å². The van der Waals surface area contributed by atoms with Crippen molar-refractivity contribution in [2.45, 2.75) is 25.9 Å². The number of rotatable bonds is 2. The molecule has 0 amide bonds. The maximum Gasteiger partial charge on any atom is 0.244 e. The summed E-state index contributed by atoms with van der Waals surface area (Å²) in [4.78, 5) is 4.48. The van der Waals surface area contributed by atoms with Crippen molar-refractivity contribution >= 4 is 0 Å². The number of nitrogens with one attached hydrogen (secondary N) is 1. The molecule has 5 nitrogen and oxygen atoms in total. The Balaban J connectivity index is 1.61. The number of furan rings is 1. The molecule has 3 aromatic rings. The van der Waals surface area contributed by atoms with E-state index in [1.807, 2.05) is 13.0 Å². The number of nitrogens with zero attached hydrogens (tertiary/aromatic N) is 2. The van der Waals surface area contributed by atoms with E-state index in [4.69, 9.17) is 8.94 Å². The first-order valence-corrected chi connectivity index (χ1v) is 6.99. The van der Waals surface area contributed by atoms with Crippen molar-refractivity contribution in [3.05, 3.63) is 59.2 Å². The highest BCUT2D eigenvalue weighted by atomic mass is 16.5. The Morgan fingerprint density at radius 3 is 2.86 bits per heavy atom. The largest absolute Gasteiger partial charge is 0.461 e. The van der Waals surface area contributed by atoms with Crippen LogP contribution >= 0.6 is 0 Å². The first-order valence-electron chi connectivity index (χ1n) is 6.99. The summed E-state index contributed by atoms with van der Waals surface area (Å²) in [6.07, 6.45) is 2.49. The minimum absolute atomic E-state index is 0.0522. The number of fused-ring (bicyclic) bond motifs is 1. The van der Waals surface area contributed by atoms with Crippen molar-refractivity contribution < 1.29 is 8.94 Å². The highest BCUT2D eigenvalue weighted by Gasteiger charge is 2.25. The lowest BCUT2D eigenvalue weighted by atomic mass is 9.96. The van der Waals surface area contributed by atoms with E-state index in [1.54, 1.807) is 6.26 Å². The molecule has 5 heteroatoms. The normalized spacial score (nSPS) is 17.7. The summed E-state index contributed by atoms with van der Waals surface area (Å²) in [7, 11) is 0. The van der Waals surface area contributed by atoms with E-state index in [0.29, 0.717) is 17.5 Å². The van der Waals surface area contributed by atoms with E-state index in [1.165, 1.54) is 11.1 Å². The second kappa shape index (κ2) is 4.86. The Morgan fingerprint density at radius 1 is 1.19 bits per heavy atom. The predicted molar refractivity (Wildman–Crippen MR) is 76.5 cm³/mol. The lowest BCUT2D eigenvalue weighted by Gasteiger charge is -2.23. The van der Waals surface area contributed by atoms with E-state index < -0.39 is 0 Å². The van der Waals surface area contributed by atoms with Gasteiger partial charge in [0.15, 0.2) is 5.76 Å². The molecule has 0 spiro atoms. The monoisotopic (exact) mass is 281 g/mol. The van der Waals surface area contributed by atoms with Crippen LogP contribution in [0.4, 0.5) is 0 Å². The number of aromatic nitrogens is 2. The Kier molecular flexibility index (Phi) is 2.86. The van der Waals surface area contributed by atoms with Gasteiger partial charge in [-0.1, -0.05) is 29.4 Å². The number of benzene rings is 1. The molecule has 1 aliphatic heterocycles. The van der Waals surface area contributed by atoms with E-state index in [2.05, 4.69) is 39.7 Å². The van der Waals surface area contributed by atoms with E-state index in [-0.39, 0.29) is 6.04 Å². The molecular formula is C16H15N3O2. The van der Waals surface area contributed by atoms with E-state index >= 15 is 0 Å². The van der Waals surface area contributed by atoms with Gasteiger partial charge < -0.3 is 14.3 Å². The Morgan fingerprint density at radius 2 is 2.05 bits per heavy atom. The van der Waals surface area contributed by atoms with Crippen LogP contribution in [-0.2, 0) is 13.0 Å². The lowest BCUT2D eigenvalue weighted by Crippen LogP contribution is -2.28. The second-order valence-corrected chi connectivity index (χ2v) is 5.30. The molecule has 106 valence electrons.